The van der Waals surface area contributed by atoms with Crippen molar-refractivity contribution in [3.8, 4) is 0 Å². The molecular weight excluding hydrogens is 304 g/mol. The first kappa shape index (κ1) is 20.4. The third-order valence-electron chi connectivity index (χ3n) is 5.61. The fourth-order valence-electron chi connectivity index (χ4n) is 4.63. The van der Waals surface area contributed by atoms with Crippen molar-refractivity contribution < 1.29 is 14.0 Å². The van der Waals surface area contributed by atoms with E-state index in [4.69, 9.17) is 9.16 Å². The van der Waals surface area contributed by atoms with Gasteiger partial charge in [-0.1, -0.05) is 60.6 Å². The minimum Gasteiger partial charge on any atom is -0.461 e. The largest absolute Gasteiger partial charge is 0.461 e. The van der Waals surface area contributed by atoms with Crippen LogP contribution in [0.5, 0.6) is 0 Å². The molecule has 0 spiro atoms. The van der Waals surface area contributed by atoms with E-state index in [1.807, 2.05) is 13.8 Å². The average Bonchev–Trinajstić information content (AvgIpc) is 2.68. The highest BCUT2D eigenvalue weighted by Crippen LogP contribution is 2.43. The number of hydrogen-bond acceptors (Lipinski definition) is 3. The van der Waals surface area contributed by atoms with Crippen molar-refractivity contribution >= 4 is 14.3 Å². The van der Waals surface area contributed by atoms with Crippen LogP contribution >= 0.6 is 0 Å². The van der Waals surface area contributed by atoms with Crippen LogP contribution in [0.3, 0.4) is 0 Å². The first-order valence-electron chi connectivity index (χ1n) is 9.05. The van der Waals surface area contributed by atoms with Crippen LogP contribution in [0.4, 0.5) is 0 Å². The summed E-state index contributed by atoms with van der Waals surface area (Å²) >= 11 is 0. The molecule has 0 aromatic heterocycles. The van der Waals surface area contributed by atoms with Crippen LogP contribution in [0.2, 0.25) is 16.6 Å². The standard InChI is InChI=1S/C19H36O3Si/c1-12(2)18-16(9)19(20)22-17(18)10-11-21-23(13(3)4,14(5)6)15(7)8/h13-18H,1,10-11H2,2-9H3/t16-,17+,18-/m0/s1. The summed E-state index contributed by atoms with van der Waals surface area (Å²) in [6.07, 6.45) is 0.697. The van der Waals surface area contributed by atoms with E-state index in [1.165, 1.54) is 0 Å². The maximum atomic E-state index is 11.9. The van der Waals surface area contributed by atoms with Gasteiger partial charge in [0.05, 0.1) is 5.92 Å². The Morgan fingerprint density at radius 3 is 2.04 bits per heavy atom. The lowest BCUT2D eigenvalue weighted by Crippen LogP contribution is -2.48. The van der Waals surface area contributed by atoms with Gasteiger partial charge in [-0.25, -0.2) is 0 Å². The Hall–Kier alpha value is -0.613. The van der Waals surface area contributed by atoms with E-state index < -0.39 is 8.32 Å². The first-order chi connectivity index (χ1) is 10.6. The molecular formula is C19H36O3Si. The Kier molecular flexibility index (Phi) is 7.08. The van der Waals surface area contributed by atoms with Gasteiger partial charge in [0.15, 0.2) is 8.32 Å². The van der Waals surface area contributed by atoms with E-state index in [-0.39, 0.29) is 23.9 Å². The fraction of sp³-hybridized carbons (Fsp3) is 0.842. The summed E-state index contributed by atoms with van der Waals surface area (Å²) in [5.41, 5.74) is 2.76. The quantitative estimate of drug-likeness (QED) is 0.341. The predicted octanol–water partition coefficient (Wildman–Crippen LogP) is 5.32. The van der Waals surface area contributed by atoms with Gasteiger partial charge in [0.2, 0.25) is 0 Å². The summed E-state index contributed by atoms with van der Waals surface area (Å²) in [5, 5.41) is 0. The maximum absolute atomic E-state index is 11.9. The van der Waals surface area contributed by atoms with Crippen LogP contribution in [-0.4, -0.2) is 27.0 Å². The van der Waals surface area contributed by atoms with Crippen molar-refractivity contribution in [2.45, 2.75) is 84.5 Å². The summed E-state index contributed by atoms with van der Waals surface area (Å²) in [6.45, 7) is 22.4. The summed E-state index contributed by atoms with van der Waals surface area (Å²) in [6, 6.07) is 0. The number of rotatable bonds is 8. The third-order valence-corrected chi connectivity index (χ3v) is 11.7. The van der Waals surface area contributed by atoms with E-state index in [2.05, 4.69) is 48.1 Å². The number of carbonyl (C=O) groups excluding carboxylic acids is 1. The predicted molar refractivity (Wildman–Crippen MR) is 99.0 cm³/mol. The zero-order valence-corrected chi connectivity index (χ0v) is 17.3. The van der Waals surface area contributed by atoms with Crippen LogP contribution in [0.25, 0.3) is 0 Å². The van der Waals surface area contributed by atoms with Crippen LogP contribution in [0.15, 0.2) is 12.2 Å². The second kappa shape index (κ2) is 7.97. The van der Waals surface area contributed by atoms with Gasteiger partial charge in [0, 0.05) is 18.9 Å². The van der Waals surface area contributed by atoms with Crippen molar-refractivity contribution in [2.24, 2.45) is 11.8 Å². The van der Waals surface area contributed by atoms with E-state index in [0.29, 0.717) is 23.2 Å². The molecule has 23 heavy (non-hydrogen) atoms. The van der Waals surface area contributed by atoms with Crippen molar-refractivity contribution in [1.29, 1.82) is 0 Å². The number of ether oxygens (including phenoxy) is 1. The monoisotopic (exact) mass is 340 g/mol. The molecule has 0 unspecified atom stereocenters. The van der Waals surface area contributed by atoms with Gasteiger partial charge in [-0.15, -0.1) is 0 Å². The summed E-state index contributed by atoms with van der Waals surface area (Å²) in [4.78, 5) is 11.9. The molecule has 4 heteroatoms. The van der Waals surface area contributed by atoms with Crippen molar-refractivity contribution in [1.82, 2.24) is 0 Å². The minimum atomic E-state index is -1.85. The van der Waals surface area contributed by atoms with Crippen LogP contribution in [-0.2, 0) is 14.0 Å². The normalized spacial score (nSPS) is 25.5. The summed E-state index contributed by atoms with van der Waals surface area (Å²) < 4.78 is 12.2. The average molecular weight is 341 g/mol. The molecule has 0 N–H and O–H groups in total. The van der Waals surface area contributed by atoms with E-state index in [0.717, 1.165) is 12.0 Å². The molecule has 0 aromatic carbocycles. The molecule has 0 amide bonds. The molecule has 0 saturated carbocycles. The van der Waals surface area contributed by atoms with E-state index >= 15 is 0 Å². The third kappa shape index (κ3) is 4.08. The number of cyclic esters (lactones) is 1. The van der Waals surface area contributed by atoms with Crippen LogP contribution in [0, 0.1) is 11.8 Å². The highest BCUT2D eigenvalue weighted by molar-refractivity contribution is 6.77. The molecule has 0 aromatic rings. The fourth-order valence-corrected chi connectivity index (χ4v) is 10.1. The first-order valence-corrected chi connectivity index (χ1v) is 11.2. The molecule has 1 heterocycles. The number of hydrogen-bond donors (Lipinski definition) is 0. The molecule has 1 fully saturated rings. The lowest BCUT2D eigenvalue weighted by molar-refractivity contribution is -0.144. The van der Waals surface area contributed by atoms with Crippen molar-refractivity contribution in [2.75, 3.05) is 6.61 Å². The summed E-state index contributed by atoms with van der Waals surface area (Å²) in [5.74, 6) is -0.0535. The Bertz CT molecular complexity index is 407. The van der Waals surface area contributed by atoms with Gasteiger partial charge in [-0.2, -0.15) is 0 Å². The lowest BCUT2D eigenvalue weighted by Gasteiger charge is -2.42. The molecule has 1 saturated heterocycles. The SMILES string of the molecule is C=C(C)[C@H]1[C@H](C)C(=O)O[C@@H]1CCO[Si](C(C)C)(C(C)C)C(C)C. The molecule has 3 nitrogen and oxygen atoms in total. The van der Waals surface area contributed by atoms with Gasteiger partial charge in [-0.05, 0) is 23.5 Å². The minimum absolute atomic E-state index is 0.0758. The van der Waals surface area contributed by atoms with E-state index in [1.54, 1.807) is 0 Å². The van der Waals surface area contributed by atoms with Crippen LogP contribution in [0.1, 0.15) is 61.8 Å². The molecule has 1 rings (SSSR count). The Balaban J connectivity index is 2.77. The molecule has 1 aliphatic heterocycles. The number of esters is 1. The van der Waals surface area contributed by atoms with Gasteiger partial charge < -0.3 is 9.16 Å². The Labute approximate surface area is 144 Å². The van der Waals surface area contributed by atoms with Crippen LogP contribution < -0.4 is 0 Å². The van der Waals surface area contributed by atoms with Gasteiger partial charge in [0.25, 0.3) is 0 Å². The lowest BCUT2D eigenvalue weighted by atomic mass is 9.85. The topological polar surface area (TPSA) is 35.5 Å². The highest BCUT2D eigenvalue weighted by atomic mass is 28.4. The van der Waals surface area contributed by atoms with Gasteiger partial charge >= 0.3 is 5.97 Å². The zero-order chi connectivity index (χ0) is 17.9. The van der Waals surface area contributed by atoms with Crippen molar-refractivity contribution in [3.63, 3.8) is 0 Å². The number of carbonyl (C=O) groups is 1. The smallest absolute Gasteiger partial charge is 0.309 e. The maximum Gasteiger partial charge on any atom is 0.309 e. The highest BCUT2D eigenvalue weighted by Gasteiger charge is 2.46. The summed E-state index contributed by atoms with van der Waals surface area (Å²) in [7, 11) is -1.85. The van der Waals surface area contributed by atoms with E-state index in [9.17, 15) is 4.79 Å². The molecule has 0 aliphatic carbocycles. The molecule has 1 aliphatic rings. The second-order valence-corrected chi connectivity index (χ2v) is 13.6. The van der Waals surface area contributed by atoms with Crippen molar-refractivity contribution in [3.05, 3.63) is 12.2 Å². The Morgan fingerprint density at radius 2 is 1.65 bits per heavy atom. The van der Waals surface area contributed by atoms with Gasteiger partial charge in [-0.3, -0.25) is 4.79 Å². The second-order valence-electron chi connectivity index (χ2n) is 8.09. The molecule has 3 atom stereocenters. The zero-order valence-electron chi connectivity index (χ0n) is 16.3. The molecule has 0 bridgehead atoms. The molecule has 0 radical (unpaired) electrons. The molecule has 134 valence electrons. The Morgan fingerprint density at radius 1 is 1.17 bits per heavy atom. The van der Waals surface area contributed by atoms with Gasteiger partial charge in [0.1, 0.15) is 6.10 Å².